The standard InChI is InChI=1S/C10H16N2.CHF3O3S/c1-4-9-5-7-10(8-6-9)12(3)11-2;2-1(3,4)8(5,6)7/h5-8,11H,4H2,1-3H3;(H,5,6,7). The van der Waals surface area contributed by atoms with Crippen molar-refractivity contribution in [1.82, 2.24) is 5.43 Å². The van der Waals surface area contributed by atoms with E-state index in [0.717, 1.165) is 6.42 Å². The number of nitrogens with one attached hydrogen (secondary N) is 1. The van der Waals surface area contributed by atoms with Crippen LogP contribution in [0, 0.1) is 0 Å². The Morgan fingerprint density at radius 3 is 1.90 bits per heavy atom. The van der Waals surface area contributed by atoms with Crippen LogP contribution in [-0.4, -0.2) is 32.6 Å². The van der Waals surface area contributed by atoms with E-state index in [9.17, 15) is 13.2 Å². The highest BCUT2D eigenvalue weighted by Crippen LogP contribution is 2.20. The first-order valence-corrected chi connectivity index (χ1v) is 7.00. The molecule has 20 heavy (non-hydrogen) atoms. The number of hydrogen-bond acceptors (Lipinski definition) is 4. The molecule has 0 spiro atoms. The molecule has 0 fully saturated rings. The lowest BCUT2D eigenvalue weighted by molar-refractivity contribution is -0.0510. The molecule has 0 radical (unpaired) electrons. The maximum Gasteiger partial charge on any atom is 0.522 e. The largest absolute Gasteiger partial charge is 0.522 e. The molecule has 116 valence electrons. The molecule has 1 aromatic rings. The lowest BCUT2D eigenvalue weighted by atomic mass is 10.1. The number of alkyl halides is 3. The molecule has 0 aromatic heterocycles. The lowest BCUT2D eigenvalue weighted by Gasteiger charge is -2.17. The summed E-state index contributed by atoms with van der Waals surface area (Å²) in [5, 5.41) is 1.99. The van der Waals surface area contributed by atoms with Crippen LogP contribution in [0.3, 0.4) is 0 Å². The van der Waals surface area contributed by atoms with Gasteiger partial charge in [-0.05, 0) is 24.1 Å². The van der Waals surface area contributed by atoms with Crippen LogP contribution in [0.5, 0.6) is 0 Å². The van der Waals surface area contributed by atoms with E-state index >= 15 is 0 Å². The van der Waals surface area contributed by atoms with Crippen LogP contribution in [0.15, 0.2) is 24.3 Å². The molecule has 0 saturated heterocycles. The van der Waals surface area contributed by atoms with Crippen molar-refractivity contribution in [3.63, 3.8) is 0 Å². The van der Waals surface area contributed by atoms with Gasteiger partial charge in [-0.25, -0.2) is 5.43 Å². The van der Waals surface area contributed by atoms with Crippen molar-refractivity contribution in [2.75, 3.05) is 19.1 Å². The van der Waals surface area contributed by atoms with E-state index in [-0.39, 0.29) is 0 Å². The van der Waals surface area contributed by atoms with Crippen molar-refractivity contribution < 1.29 is 26.1 Å². The predicted octanol–water partition coefficient (Wildman–Crippen LogP) is 2.21. The summed E-state index contributed by atoms with van der Waals surface area (Å²) in [6, 6.07) is 8.55. The topological polar surface area (TPSA) is 69.6 Å². The second kappa shape index (κ2) is 7.46. The zero-order chi connectivity index (χ0) is 16.0. The van der Waals surface area contributed by atoms with E-state index in [0.29, 0.717) is 0 Å². The van der Waals surface area contributed by atoms with Gasteiger partial charge in [0.05, 0.1) is 5.69 Å². The van der Waals surface area contributed by atoms with E-state index < -0.39 is 15.6 Å². The van der Waals surface area contributed by atoms with E-state index in [1.54, 1.807) is 0 Å². The van der Waals surface area contributed by atoms with Gasteiger partial charge >= 0.3 is 15.6 Å². The Kier molecular flexibility index (Phi) is 6.97. The van der Waals surface area contributed by atoms with E-state index in [4.69, 9.17) is 13.0 Å². The molecule has 0 aliphatic rings. The fourth-order valence-electron chi connectivity index (χ4n) is 1.08. The molecular weight excluding hydrogens is 297 g/mol. The number of halogens is 3. The SMILES string of the molecule is CCc1ccc(N(C)NC)cc1.O=S(=O)(O)C(F)(F)F. The van der Waals surface area contributed by atoms with Crippen molar-refractivity contribution in [2.24, 2.45) is 0 Å². The highest BCUT2D eigenvalue weighted by atomic mass is 32.2. The molecule has 0 saturated carbocycles. The van der Waals surface area contributed by atoms with Gasteiger partial charge in [-0.2, -0.15) is 21.6 Å². The first kappa shape index (κ1) is 18.7. The van der Waals surface area contributed by atoms with Gasteiger partial charge in [-0.3, -0.25) is 4.55 Å². The number of rotatable bonds is 3. The third-order valence-corrected chi connectivity index (χ3v) is 2.94. The van der Waals surface area contributed by atoms with Crippen LogP contribution < -0.4 is 10.4 Å². The number of nitrogens with zero attached hydrogens (tertiary/aromatic N) is 1. The molecule has 0 bridgehead atoms. The maximum absolute atomic E-state index is 10.7. The molecule has 1 aromatic carbocycles. The zero-order valence-corrected chi connectivity index (χ0v) is 12.1. The van der Waals surface area contributed by atoms with Gasteiger partial charge in [-0.15, -0.1) is 0 Å². The Balaban J connectivity index is 0.000000396. The molecule has 0 atom stereocenters. The lowest BCUT2D eigenvalue weighted by Crippen LogP contribution is -2.30. The summed E-state index contributed by atoms with van der Waals surface area (Å²) < 4.78 is 57.5. The van der Waals surface area contributed by atoms with Gasteiger partial charge in [-0.1, -0.05) is 19.1 Å². The van der Waals surface area contributed by atoms with Crippen molar-refractivity contribution in [1.29, 1.82) is 0 Å². The molecule has 2 N–H and O–H groups in total. The summed E-state index contributed by atoms with van der Waals surface area (Å²) in [5.41, 5.74) is 0.0848. The highest BCUT2D eigenvalue weighted by Gasteiger charge is 2.44. The molecule has 0 aliphatic heterocycles. The van der Waals surface area contributed by atoms with Crippen LogP contribution in [0.4, 0.5) is 18.9 Å². The summed E-state index contributed by atoms with van der Waals surface area (Å²) >= 11 is 0. The third-order valence-electron chi connectivity index (χ3n) is 2.36. The summed E-state index contributed by atoms with van der Waals surface area (Å²) in [4.78, 5) is 0. The Bertz CT molecular complexity index is 501. The maximum atomic E-state index is 10.7. The minimum absolute atomic E-state index is 1.10. The Hall–Kier alpha value is -1.32. The molecule has 0 heterocycles. The normalized spacial score (nSPS) is 11.6. The second-order valence-corrected chi connectivity index (χ2v) is 5.14. The van der Waals surface area contributed by atoms with Gasteiger partial charge < -0.3 is 5.01 Å². The molecule has 0 aliphatic carbocycles. The fourth-order valence-corrected chi connectivity index (χ4v) is 1.08. The summed E-state index contributed by atoms with van der Waals surface area (Å²) in [6.07, 6.45) is 1.10. The molecular formula is C11H17F3N2O3S. The van der Waals surface area contributed by atoms with Gasteiger partial charge in [0.25, 0.3) is 0 Å². The number of anilines is 1. The molecule has 5 nitrogen and oxygen atoms in total. The van der Waals surface area contributed by atoms with Gasteiger partial charge in [0, 0.05) is 14.1 Å². The van der Waals surface area contributed by atoms with Crippen LogP contribution in [0.2, 0.25) is 0 Å². The first-order valence-electron chi connectivity index (χ1n) is 5.56. The smallest absolute Gasteiger partial charge is 0.312 e. The van der Waals surface area contributed by atoms with Crippen molar-refractivity contribution in [3.8, 4) is 0 Å². The Morgan fingerprint density at radius 1 is 1.25 bits per heavy atom. The van der Waals surface area contributed by atoms with Crippen LogP contribution in [0.25, 0.3) is 0 Å². The Labute approximate surface area is 116 Å². The monoisotopic (exact) mass is 314 g/mol. The quantitative estimate of drug-likeness (QED) is 0.508. The average Bonchev–Trinajstić information content (AvgIpc) is 2.36. The number of benzene rings is 1. The summed E-state index contributed by atoms with van der Waals surface area (Å²) in [5.74, 6) is 0. The first-order chi connectivity index (χ1) is 9.02. The molecule has 1 rings (SSSR count). The summed E-state index contributed by atoms with van der Waals surface area (Å²) in [7, 11) is -1.93. The van der Waals surface area contributed by atoms with E-state index in [1.807, 2.05) is 19.1 Å². The molecule has 0 amide bonds. The van der Waals surface area contributed by atoms with Gasteiger partial charge in [0.1, 0.15) is 0 Å². The summed E-state index contributed by atoms with van der Waals surface area (Å²) in [6.45, 7) is 2.16. The van der Waals surface area contributed by atoms with Crippen molar-refractivity contribution in [3.05, 3.63) is 29.8 Å². The van der Waals surface area contributed by atoms with Crippen molar-refractivity contribution in [2.45, 2.75) is 18.9 Å². The van der Waals surface area contributed by atoms with Crippen molar-refractivity contribution >= 4 is 15.8 Å². The third kappa shape index (κ3) is 6.22. The minimum Gasteiger partial charge on any atom is -0.312 e. The van der Waals surface area contributed by atoms with Crippen LogP contribution in [0.1, 0.15) is 12.5 Å². The van der Waals surface area contributed by atoms with Gasteiger partial charge in [0.2, 0.25) is 0 Å². The second-order valence-electron chi connectivity index (χ2n) is 3.72. The predicted molar refractivity (Wildman–Crippen MR) is 70.9 cm³/mol. The fraction of sp³-hybridized carbons (Fsp3) is 0.455. The highest BCUT2D eigenvalue weighted by molar-refractivity contribution is 7.86. The number of aryl methyl sites for hydroxylation is 1. The zero-order valence-electron chi connectivity index (χ0n) is 11.3. The van der Waals surface area contributed by atoms with E-state index in [1.165, 1.54) is 11.3 Å². The van der Waals surface area contributed by atoms with Crippen LogP contribution in [-0.2, 0) is 16.5 Å². The number of hydrogen-bond donors (Lipinski definition) is 2. The van der Waals surface area contributed by atoms with Gasteiger partial charge in [0.15, 0.2) is 0 Å². The van der Waals surface area contributed by atoms with Crippen LogP contribution >= 0.6 is 0 Å². The van der Waals surface area contributed by atoms with E-state index in [2.05, 4.69) is 36.6 Å². The molecule has 9 heteroatoms. The Morgan fingerprint density at radius 2 is 1.65 bits per heavy atom. The average molecular weight is 314 g/mol. The molecule has 0 unspecified atom stereocenters. The minimum atomic E-state index is -5.84. The number of hydrazine groups is 1.